The minimum atomic E-state index is -3.11. The molecule has 1 heterocycles. The summed E-state index contributed by atoms with van der Waals surface area (Å²) in [5.74, 6) is 1.41. The van der Waals surface area contributed by atoms with Gasteiger partial charge >= 0.3 is 0 Å². The Kier molecular flexibility index (Phi) is 3.33. The Morgan fingerprint density at radius 2 is 2.05 bits per heavy atom. The molecule has 2 aliphatic carbocycles. The maximum absolute atomic E-state index is 12.5. The topological polar surface area (TPSA) is 66.5 Å². The Hall–Kier alpha value is -0.620. The smallest absolute Gasteiger partial charge is 0.241 e. The van der Waals surface area contributed by atoms with Gasteiger partial charge in [-0.15, -0.1) is 0 Å². The molecule has 3 rings (SSSR count). The van der Waals surface area contributed by atoms with Gasteiger partial charge in [0.2, 0.25) is 5.91 Å². The Bertz CT molecular complexity index is 476. The highest BCUT2D eigenvalue weighted by Crippen LogP contribution is 2.46. The van der Waals surface area contributed by atoms with Gasteiger partial charge in [-0.25, -0.2) is 8.42 Å². The number of carbonyl (C=O) groups is 1. The summed E-state index contributed by atoms with van der Waals surface area (Å²) in [4.78, 5) is 14.4. The van der Waals surface area contributed by atoms with E-state index in [0.29, 0.717) is 12.5 Å². The van der Waals surface area contributed by atoms with E-state index in [-0.39, 0.29) is 23.5 Å². The average molecular weight is 286 g/mol. The fourth-order valence-electron chi connectivity index (χ4n) is 4.09. The van der Waals surface area contributed by atoms with Gasteiger partial charge in [0.25, 0.3) is 0 Å². The summed E-state index contributed by atoms with van der Waals surface area (Å²) in [6, 6.07) is -0.276. The Balaban J connectivity index is 1.82. The third-order valence-electron chi connectivity index (χ3n) is 5.09. The van der Waals surface area contributed by atoms with Crippen molar-refractivity contribution in [3.05, 3.63) is 0 Å². The van der Waals surface area contributed by atoms with Crippen LogP contribution in [0.1, 0.15) is 25.7 Å². The molecule has 5 nitrogen and oxygen atoms in total. The number of hydrogen-bond acceptors (Lipinski definition) is 4. The zero-order chi connectivity index (χ0) is 13.6. The fourth-order valence-corrected chi connectivity index (χ4v) is 5.54. The zero-order valence-electron chi connectivity index (χ0n) is 11.3. The largest absolute Gasteiger partial charge is 0.337 e. The molecule has 108 valence electrons. The number of rotatable bonds is 2. The van der Waals surface area contributed by atoms with E-state index >= 15 is 0 Å². The van der Waals surface area contributed by atoms with Crippen LogP contribution in [0.15, 0.2) is 0 Å². The summed E-state index contributed by atoms with van der Waals surface area (Å²) in [5, 5.41) is 2.88. The first-order valence-corrected chi connectivity index (χ1v) is 9.00. The van der Waals surface area contributed by atoms with Crippen LogP contribution < -0.4 is 5.32 Å². The maximum atomic E-state index is 12.5. The van der Waals surface area contributed by atoms with Gasteiger partial charge < -0.3 is 10.2 Å². The summed E-state index contributed by atoms with van der Waals surface area (Å²) in [6.07, 6.45) is 4.80. The molecule has 1 aliphatic heterocycles. The van der Waals surface area contributed by atoms with Crippen molar-refractivity contribution in [3.63, 3.8) is 0 Å². The van der Waals surface area contributed by atoms with Crippen LogP contribution in [0, 0.1) is 11.8 Å². The predicted octanol–water partition coefficient (Wildman–Crippen LogP) is 0.0200. The lowest BCUT2D eigenvalue weighted by molar-refractivity contribution is -0.135. The number of carbonyl (C=O) groups excluding carboxylic acids is 1. The van der Waals surface area contributed by atoms with E-state index in [1.54, 1.807) is 7.05 Å². The number of nitrogens with zero attached hydrogens (tertiary/aromatic N) is 1. The predicted molar refractivity (Wildman–Crippen MR) is 72.5 cm³/mol. The number of hydrogen-bond donors (Lipinski definition) is 1. The summed E-state index contributed by atoms with van der Waals surface area (Å²) in [6.45, 7) is 0.382. The maximum Gasteiger partial charge on any atom is 0.241 e. The second-order valence-electron chi connectivity index (χ2n) is 6.23. The van der Waals surface area contributed by atoms with E-state index in [1.807, 2.05) is 4.90 Å². The summed E-state index contributed by atoms with van der Waals surface area (Å²) >= 11 is 0. The number of nitrogens with one attached hydrogen (secondary N) is 1. The van der Waals surface area contributed by atoms with Crippen molar-refractivity contribution in [2.24, 2.45) is 11.8 Å². The molecule has 2 bridgehead atoms. The van der Waals surface area contributed by atoms with E-state index < -0.39 is 15.9 Å². The normalized spacial score (nSPS) is 41.5. The molecule has 0 aromatic carbocycles. The molecule has 3 fully saturated rings. The van der Waals surface area contributed by atoms with Crippen LogP contribution in [-0.4, -0.2) is 56.4 Å². The van der Waals surface area contributed by atoms with Crippen LogP contribution in [0.4, 0.5) is 0 Å². The molecule has 1 N–H and O–H groups in total. The monoisotopic (exact) mass is 286 g/mol. The van der Waals surface area contributed by atoms with Gasteiger partial charge in [-0.2, -0.15) is 0 Å². The molecule has 4 atom stereocenters. The van der Waals surface area contributed by atoms with Crippen molar-refractivity contribution in [2.45, 2.75) is 37.8 Å². The minimum Gasteiger partial charge on any atom is -0.337 e. The van der Waals surface area contributed by atoms with Crippen molar-refractivity contribution >= 4 is 15.7 Å². The van der Waals surface area contributed by atoms with Crippen LogP contribution in [0.2, 0.25) is 0 Å². The van der Waals surface area contributed by atoms with Gasteiger partial charge in [0.1, 0.15) is 6.04 Å². The summed E-state index contributed by atoms with van der Waals surface area (Å²) in [7, 11) is -1.44. The van der Waals surface area contributed by atoms with E-state index in [0.717, 1.165) is 12.3 Å². The van der Waals surface area contributed by atoms with Crippen molar-refractivity contribution in [3.8, 4) is 0 Å². The second-order valence-corrected chi connectivity index (χ2v) is 8.46. The molecular weight excluding hydrogens is 264 g/mol. The third-order valence-corrected chi connectivity index (χ3v) is 6.74. The first kappa shape index (κ1) is 13.4. The molecule has 0 aromatic rings. The first-order valence-electron chi connectivity index (χ1n) is 7.18. The summed E-state index contributed by atoms with van der Waals surface area (Å²) in [5.41, 5.74) is 0. The SMILES string of the molecule is CNC1CS(=O)(=O)CCN(C2CC3CCC2C3)C1=O. The standard InChI is InChI=1S/C13H22N2O3S/c1-14-11-8-19(17,18)5-4-15(13(11)16)12-7-9-2-3-10(12)6-9/h9-12,14H,2-8H2,1H3. The molecule has 1 amide bonds. The molecule has 0 radical (unpaired) electrons. The van der Waals surface area contributed by atoms with Crippen molar-refractivity contribution in [2.75, 3.05) is 25.1 Å². The molecule has 3 aliphatic rings. The van der Waals surface area contributed by atoms with Crippen molar-refractivity contribution < 1.29 is 13.2 Å². The van der Waals surface area contributed by atoms with Gasteiger partial charge in [-0.1, -0.05) is 6.42 Å². The number of fused-ring (bicyclic) bond motifs is 2. The Morgan fingerprint density at radius 3 is 2.63 bits per heavy atom. The van der Waals surface area contributed by atoms with E-state index in [2.05, 4.69) is 5.32 Å². The number of sulfone groups is 1. The molecule has 1 saturated heterocycles. The Labute approximate surface area is 114 Å². The molecule has 0 aromatic heterocycles. The molecule has 6 heteroatoms. The van der Waals surface area contributed by atoms with Crippen LogP contribution in [0.5, 0.6) is 0 Å². The van der Waals surface area contributed by atoms with E-state index in [1.165, 1.54) is 19.3 Å². The van der Waals surface area contributed by atoms with Crippen molar-refractivity contribution in [1.29, 1.82) is 0 Å². The molecular formula is C13H22N2O3S. The fraction of sp³-hybridized carbons (Fsp3) is 0.923. The van der Waals surface area contributed by atoms with Gasteiger partial charge in [-0.05, 0) is 38.1 Å². The average Bonchev–Trinajstić information content (AvgIpc) is 2.95. The van der Waals surface area contributed by atoms with Gasteiger partial charge in [0, 0.05) is 12.6 Å². The lowest BCUT2D eigenvalue weighted by Gasteiger charge is -2.35. The van der Waals surface area contributed by atoms with Crippen LogP contribution in [0.3, 0.4) is 0 Å². The highest BCUT2D eigenvalue weighted by Gasteiger charge is 2.46. The van der Waals surface area contributed by atoms with Gasteiger partial charge in [0.15, 0.2) is 9.84 Å². The highest BCUT2D eigenvalue weighted by atomic mass is 32.2. The zero-order valence-corrected chi connectivity index (χ0v) is 12.2. The lowest BCUT2D eigenvalue weighted by Crippen LogP contribution is -2.51. The minimum absolute atomic E-state index is 0.0128. The quantitative estimate of drug-likeness (QED) is 0.777. The third kappa shape index (κ3) is 2.40. The molecule has 2 saturated carbocycles. The van der Waals surface area contributed by atoms with Crippen LogP contribution in [-0.2, 0) is 14.6 Å². The number of likely N-dealkylation sites (N-methyl/N-ethyl adjacent to an activating group) is 1. The first-order chi connectivity index (χ1) is 9.00. The molecule has 19 heavy (non-hydrogen) atoms. The second kappa shape index (κ2) is 4.74. The van der Waals surface area contributed by atoms with Crippen molar-refractivity contribution in [1.82, 2.24) is 10.2 Å². The molecule has 4 unspecified atom stereocenters. The van der Waals surface area contributed by atoms with E-state index in [4.69, 9.17) is 0 Å². The lowest BCUT2D eigenvalue weighted by atomic mass is 9.93. The van der Waals surface area contributed by atoms with Gasteiger partial charge in [-0.3, -0.25) is 4.79 Å². The van der Waals surface area contributed by atoms with Crippen LogP contribution >= 0.6 is 0 Å². The Morgan fingerprint density at radius 1 is 1.26 bits per heavy atom. The van der Waals surface area contributed by atoms with E-state index in [9.17, 15) is 13.2 Å². The molecule has 0 spiro atoms. The highest BCUT2D eigenvalue weighted by molar-refractivity contribution is 7.91. The van der Waals surface area contributed by atoms with Gasteiger partial charge in [0.05, 0.1) is 11.5 Å². The van der Waals surface area contributed by atoms with Crippen LogP contribution in [0.25, 0.3) is 0 Å². The summed E-state index contributed by atoms with van der Waals surface area (Å²) < 4.78 is 23.8. The number of amides is 1.